The summed E-state index contributed by atoms with van der Waals surface area (Å²) in [5.41, 5.74) is -0.0229. The lowest BCUT2D eigenvalue weighted by molar-refractivity contribution is -0.141. The Labute approximate surface area is 141 Å². The summed E-state index contributed by atoms with van der Waals surface area (Å²) in [7, 11) is 0. The molecule has 0 saturated heterocycles. The van der Waals surface area contributed by atoms with E-state index < -0.39 is 17.9 Å². The van der Waals surface area contributed by atoms with Gasteiger partial charge in [-0.25, -0.2) is 9.59 Å². The second-order valence-corrected chi connectivity index (χ2v) is 6.08. The van der Waals surface area contributed by atoms with Gasteiger partial charge in [0.15, 0.2) is 0 Å². The predicted octanol–water partition coefficient (Wildman–Crippen LogP) is 3.46. The lowest BCUT2D eigenvalue weighted by Crippen LogP contribution is -2.15. The fourth-order valence-corrected chi connectivity index (χ4v) is 2.29. The lowest BCUT2D eigenvalue weighted by Gasteiger charge is -2.13. The van der Waals surface area contributed by atoms with Crippen LogP contribution >= 0.6 is 0 Å². The molecule has 2 N–H and O–H groups in total. The van der Waals surface area contributed by atoms with Gasteiger partial charge in [-0.1, -0.05) is 38.8 Å². The summed E-state index contributed by atoms with van der Waals surface area (Å²) in [6.45, 7) is 3.84. The van der Waals surface area contributed by atoms with Gasteiger partial charge in [0.25, 0.3) is 0 Å². The average Bonchev–Trinajstić information content (AvgIpc) is 2.56. The van der Waals surface area contributed by atoms with Gasteiger partial charge in [-0.2, -0.15) is 0 Å². The highest BCUT2D eigenvalue weighted by molar-refractivity contribution is 6.02. The highest BCUT2D eigenvalue weighted by Gasteiger charge is 2.18. The minimum absolute atomic E-state index is 0.0486. The highest BCUT2D eigenvalue weighted by Crippen LogP contribution is 2.15. The maximum absolute atomic E-state index is 12.0. The van der Waals surface area contributed by atoms with E-state index in [1.165, 1.54) is 12.1 Å². The van der Waals surface area contributed by atoms with Crippen molar-refractivity contribution in [2.45, 2.75) is 39.5 Å². The van der Waals surface area contributed by atoms with E-state index in [0.29, 0.717) is 6.42 Å². The molecule has 0 aliphatic heterocycles. The zero-order valence-electron chi connectivity index (χ0n) is 14.0. The van der Waals surface area contributed by atoms with Crippen LogP contribution in [0.15, 0.2) is 24.3 Å². The van der Waals surface area contributed by atoms with Crippen LogP contribution in [0.25, 0.3) is 0 Å². The molecule has 0 aromatic heterocycles. The van der Waals surface area contributed by atoms with Gasteiger partial charge >= 0.3 is 17.9 Å². The SMILES string of the molecule is CC(CCCCC(C)C(=O)O)COC(=O)c1ccccc1C(=O)O. The molecule has 0 fully saturated rings. The van der Waals surface area contributed by atoms with Crippen LogP contribution in [0.4, 0.5) is 0 Å². The molecule has 6 heteroatoms. The fraction of sp³-hybridized carbons (Fsp3) is 0.500. The van der Waals surface area contributed by atoms with E-state index in [4.69, 9.17) is 14.9 Å². The molecule has 0 bridgehead atoms. The Balaban J connectivity index is 2.37. The molecule has 0 aliphatic carbocycles. The number of unbranched alkanes of at least 4 members (excludes halogenated alkanes) is 1. The van der Waals surface area contributed by atoms with E-state index >= 15 is 0 Å². The molecule has 1 aromatic rings. The minimum atomic E-state index is -1.16. The third kappa shape index (κ3) is 6.40. The number of hydrogen-bond acceptors (Lipinski definition) is 4. The number of aromatic carboxylic acids is 1. The van der Waals surface area contributed by atoms with Crippen molar-refractivity contribution in [3.63, 3.8) is 0 Å². The molecule has 132 valence electrons. The van der Waals surface area contributed by atoms with Gasteiger partial charge in [0, 0.05) is 0 Å². The molecule has 0 spiro atoms. The van der Waals surface area contributed by atoms with Crippen LogP contribution in [0, 0.1) is 11.8 Å². The molecule has 1 aromatic carbocycles. The van der Waals surface area contributed by atoms with E-state index in [1.54, 1.807) is 19.1 Å². The number of esters is 1. The third-order valence-corrected chi connectivity index (χ3v) is 3.88. The van der Waals surface area contributed by atoms with E-state index in [2.05, 4.69) is 0 Å². The number of hydrogen-bond donors (Lipinski definition) is 2. The van der Waals surface area contributed by atoms with Crippen LogP contribution in [0.5, 0.6) is 0 Å². The molecular weight excluding hydrogens is 312 g/mol. The Kier molecular flexibility index (Phi) is 7.95. The van der Waals surface area contributed by atoms with E-state index in [9.17, 15) is 14.4 Å². The minimum Gasteiger partial charge on any atom is -0.481 e. The predicted molar refractivity (Wildman–Crippen MR) is 88.1 cm³/mol. The summed E-state index contributed by atoms with van der Waals surface area (Å²) >= 11 is 0. The first-order valence-electron chi connectivity index (χ1n) is 8.05. The van der Waals surface area contributed by atoms with Gasteiger partial charge < -0.3 is 14.9 Å². The van der Waals surface area contributed by atoms with Gasteiger partial charge in [0.2, 0.25) is 0 Å². The van der Waals surface area contributed by atoms with Crippen LogP contribution in [-0.2, 0) is 9.53 Å². The number of ether oxygens (including phenoxy) is 1. The number of carboxylic acids is 2. The van der Waals surface area contributed by atoms with Crippen molar-refractivity contribution < 1.29 is 29.3 Å². The quantitative estimate of drug-likeness (QED) is 0.501. The maximum Gasteiger partial charge on any atom is 0.339 e. The molecule has 1 rings (SSSR count). The first-order chi connectivity index (χ1) is 11.3. The molecule has 2 atom stereocenters. The number of aliphatic carboxylic acids is 1. The Bertz CT molecular complexity index is 581. The lowest BCUT2D eigenvalue weighted by atomic mass is 9.99. The summed E-state index contributed by atoms with van der Waals surface area (Å²) in [6, 6.07) is 5.95. The van der Waals surface area contributed by atoms with Gasteiger partial charge in [0.1, 0.15) is 0 Å². The summed E-state index contributed by atoms with van der Waals surface area (Å²) in [5.74, 6) is -2.80. The van der Waals surface area contributed by atoms with Crippen molar-refractivity contribution in [3.8, 4) is 0 Å². The van der Waals surface area contributed by atoms with Crippen molar-refractivity contribution in [1.29, 1.82) is 0 Å². The van der Waals surface area contributed by atoms with Crippen molar-refractivity contribution in [3.05, 3.63) is 35.4 Å². The average molecular weight is 336 g/mol. The van der Waals surface area contributed by atoms with Crippen LogP contribution in [0.3, 0.4) is 0 Å². The van der Waals surface area contributed by atoms with Crippen LogP contribution < -0.4 is 0 Å². The van der Waals surface area contributed by atoms with Crippen molar-refractivity contribution in [2.75, 3.05) is 6.61 Å². The topological polar surface area (TPSA) is 101 Å². The van der Waals surface area contributed by atoms with Crippen molar-refractivity contribution in [1.82, 2.24) is 0 Å². The molecule has 0 heterocycles. The van der Waals surface area contributed by atoms with E-state index in [-0.39, 0.29) is 29.6 Å². The van der Waals surface area contributed by atoms with Gasteiger partial charge in [-0.15, -0.1) is 0 Å². The number of benzene rings is 1. The monoisotopic (exact) mass is 336 g/mol. The van der Waals surface area contributed by atoms with E-state index in [0.717, 1.165) is 19.3 Å². The molecule has 0 amide bonds. The molecular formula is C18H24O6. The van der Waals surface area contributed by atoms with Crippen LogP contribution in [0.2, 0.25) is 0 Å². The molecule has 0 radical (unpaired) electrons. The molecule has 0 saturated carbocycles. The first-order valence-corrected chi connectivity index (χ1v) is 8.05. The zero-order valence-corrected chi connectivity index (χ0v) is 14.0. The van der Waals surface area contributed by atoms with Gasteiger partial charge in [0.05, 0.1) is 23.7 Å². The fourth-order valence-electron chi connectivity index (χ4n) is 2.29. The zero-order chi connectivity index (χ0) is 18.1. The van der Waals surface area contributed by atoms with E-state index in [1.807, 2.05) is 6.92 Å². The summed E-state index contributed by atoms with van der Waals surface area (Å²) in [6.07, 6.45) is 3.13. The Morgan fingerprint density at radius 3 is 2.17 bits per heavy atom. The summed E-state index contributed by atoms with van der Waals surface area (Å²) in [4.78, 5) is 33.8. The largest absolute Gasteiger partial charge is 0.481 e. The summed E-state index contributed by atoms with van der Waals surface area (Å²) < 4.78 is 5.20. The Hall–Kier alpha value is -2.37. The Morgan fingerprint density at radius 2 is 1.58 bits per heavy atom. The Morgan fingerprint density at radius 1 is 1.00 bits per heavy atom. The number of carbonyl (C=O) groups is 3. The number of carbonyl (C=O) groups excluding carboxylic acids is 1. The summed E-state index contributed by atoms with van der Waals surface area (Å²) in [5, 5.41) is 17.9. The van der Waals surface area contributed by atoms with Crippen molar-refractivity contribution >= 4 is 17.9 Å². The van der Waals surface area contributed by atoms with Crippen LogP contribution in [-0.4, -0.2) is 34.7 Å². The third-order valence-electron chi connectivity index (χ3n) is 3.88. The second-order valence-electron chi connectivity index (χ2n) is 6.08. The molecule has 2 unspecified atom stereocenters. The normalized spacial score (nSPS) is 13.1. The van der Waals surface area contributed by atoms with Gasteiger partial charge in [-0.05, 0) is 30.9 Å². The standard InChI is InChI=1S/C18H24O6/c1-12(7-3-4-8-13(2)16(19)20)11-24-18(23)15-10-6-5-9-14(15)17(21)22/h5-6,9-10,12-13H,3-4,7-8,11H2,1-2H3,(H,19,20)(H,21,22). The highest BCUT2D eigenvalue weighted by atomic mass is 16.5. The number of carboxylic acid groups (broad SMARTS) is 2. The van der Waals surface area contributed by atoms with Crippen LogP contribution in [0.1, 0.15) is 60.2 Å². The molecule has 6 nitrogen and oxygen atoms in total. The number of rotatable bonds is 10. The first kappa shape index (κ1) is 19.7. The maximum atomic E-state index is 12.0. The second kappa shape index (κ2) is 9.70. The molecule has 0 aliphatic rings. The van der Waals surface area contributed by atoms with Crippen molar-refractivity contribution in [2.24, 2.45) is 11.8 Å². The molecule has 24 heavy (non-hydrogen) atoms. The smallest absolute Gasteiger partial charge is 0.339 e. The van der Waals surface area contributed by atoms with Gasteiger partial charge in [-0.3, -0.25) is 4.79 Å².